The minimum absolute atomic E-state index is 0.200. The second-order valence-electron chi connectivity index (χ2n) is 6.90. The first-order chi connectivity index (χ1) is 10.1. The molecule has 0 aliphatic carbocycles. The van der Waals surface area contributed by atoms with E-state index in [1.165, 1.54) is 0 Å². The fourth-order valence-corrected chi connectivity index (χ4v) is 3.29. The molecule has 0 saturated carbocycles. The van der Waals surface area contributed by atoms with Crippen LogP contribution in [0.5, 0.6) is 0 Å². The molecule has 0 atom stereocenters. The van der Waals surface area contributed by atoms with Gasteiger partial charge in [-0.1, -0.05) is 32.4 Å². The van der Waals surface area contributed by atoms with Crippen LogP contribution in [0.1, 0.15) is 26.3 Å². The Balaban J connectivity index is 2.17. The number of halogens is 2. The van der Waals surface area contributed by atoms with Gasteiger partial charge in [0.15, 0.2) is 8.32 Å². The van der Waals surface area contributed by atoms with Gasteiger partial charge in [0.05, 0.1) is 18.5 Å². The lowest BCUT2D eigenvalue weighted by atomic mass is 10.2. The predicted molar refractivity (Wildman–Crippen MR) is 98.3 cm³/mol. The van der Waals surface area contributed by atoms with Crippen molar-refractivity contribution in [2.75, 3.05) is 0 Å². The van der Waals surface area contributed by atoms with Crippen LogP contribution in [-0.4, -0.2) is 18.1 Å². The van der Waals surface area contributed by atoms with Crippen LogP contribution in [0.25, 0.3) is 5.69 Å². The van der Waals surface area contributed by atoms with Crippen LogP contribution in [0.15, 0.2) is 35.1 Å². The molecule has 0 amide bonds. The average Bonchev–Trinajstić information content (AvgIpc) is 2.78. The maximum absolute atomic E-state index is 6.26. The van der Waals surface area contributed by atoms with E-state index in [4.69, 9.17) is 16.0 Å². The highest BCUT2D eigenvalue weighted by Crippen LogP contribution is 2.37. The fraction of sp³-hybridized carbons (Fsp3) is 0.438. The fourth-order valence-electron chi connectivity index (χ4n) is 1.70. The molecule has 0 spiro atoms. The normalized spacial score (nSPS) is 12.7. The van der Waals surface area contributed by atoms with Crippen molar-refractivity contribution in [3.8, 4) is 5.69 Å². The summed E-state index contributed by atoms with van der Waals surface area (Å²) in [6.45, 7) is 11.8. The van der Waals surface area contributed by atoms with Crippen LogP contribution < -0.4 is 0 Å². The Labute approximate surface area is 146 Å². The predicted octanol–water partition coefficient (Wildman–Crippen LogP) is 5.81. The Morgan fingerprint density at radius 2 is 1.82 bits per heavy atom. The van der Waals surface area contributed by atoms with Crippen LogP contribution in [0.2, 0.25) is 23.2 Å². The summed E-state index contributed by atoms with van der Waals surface area (Å²) in [7, 11) is -1.76. The Morgan fingerprint density at radius 1 is 1.23 bits per heavy atom. The lowest BCUT2D eigenvalue weighted by molar-refractivity contribution is 0.275. The smallest absolute Gasteiger partial charge is 0.192 e. The largest absolute Gasteiger partial charge is 0.412 e. The highest BCUT2D eigenvalue weighted by molar-refractivity contribution is 9.10. The third-order valence-corrected chi connectivity index (χ3v) is 9.82. The van der Waals surface area contributed by atoms with Gasteiger partial charge in [0, 0.05) is 10.6 Å². The molecule has 1 heterocycles. The maximum atomic E-state index is 6.26. The minimum Gasteiger partial charge on any atom is -0.412 e. The molecule has 2 aromatic rings. The zero-order valence-electron chi connectivity index (χ0n) is 13.7. The van der Waals surface area contributed by atoms with Gasteiger partial charge in [-0.2, -0.15) is 5.10 Å². The third-order valence-electron chi connectivity index (χ3n) is 4.25. The summed E-state index contributed by atoms with van der Waals surface area (Å²) < 4.78 is 9.04. The van der Waals surface area contributed by atoms with Gasteiger partial charge in [0.25, 0.3) is 0 Å². The van der Waals surface area contributed by atoms with E-state index < -0.39 is 8.32 Å². The molecule has 2 rings (SSSR count). The van der Waals surface area contributed by atoms with Crippen molar-refractivity contribution in [1.29, 1.82) is 0 Å². The summed E-state index contributed by atoms with van der Waals surface area (Å²) in [6.07, 6.45) is 1.85. The van der Waals surface area contributed by atoms with Gasteiger partial charge < -0.3 is 4.43 Å². The molecular formula is C16H22BrClN2OSi. The SMILES string of the molecule is CC(C)(C)[Si](C)(C)OCc1cnn(-c2ccc(Cl)cc2)c1Br. The second-order valence-corrected chi connectivity index (χ2v) is 12.9. The zero-order chi connectivity index (χ0) is 16.5. The molecule has 1 aromatic heterocycles. The molecule has 0 bridgehead atoms. The molecule has 22 heavy (non-hydrogen) atoms. The van der Waals surface area contributed by atoms with Crippen molar-refractivity contribution in [1.82, 2.24) is 9.78 Å². The van der Waals surface area contributed by atoms with E-state index in [-0.39, 0.29) is 5.04 Å². The molecule has 1 aromatic carbocycles. The van der Waals surface area contributed by atoms with Crippen molar-refractivity contribution in [3.63, 3.8) is 0 Å². The van der Waals surface area contributed by atoms with Gasteiger partial charge in [-0.25, -0.2) is 4.68 Å². The Hall–Kier alpha value is -0.623. The quantitative estimate of drug-likeness (QED) is 0.604. The van der Waals surface area contributed by atoms with Crippen molar-refractivity contribution in [2.24, 2.45) is 0 Å². The molecule has 0 fully saturated rings. The van der Waals surface area contributed by atoms with Crippen LogP contribution in [-0.2, 0) is 11.0 Å². The van der Waals surface area contributed by atoms with Crippen LogP contribution >= 0.6 is 27.5 Å². The van der Waals surface area contributed by atoms with Gasteiger partial charge in [-0.3, -0.25) is 0 Å². The van der Waals surface area contributed by atoms with Gasteiger partial charge in [0.2, 0.25) is 0 Å². The Bertz CT molecular complexity index is 647. The standard InChI is InChI=1S/C16H22BrClN2OSi/c1-16(2,3)22(4,5)21-11-12-10-19-20(15(12)17)14-8-6-13(18)7-9-14/h6-10H,11H2,1-5H3. The number of hydrogen-bond donors (Lipinski definition) is 0. The second kappa shape index (κ2) is 6.47. The van der Waals surface area contributed by atoms with E-state index >= 15 is 0 Å². The van der Waals surface area contributed by atoms with Gasteiger partial charge in [-0.15, -0.1) is 0 Å². The monoisotopic (exact) mass is 400 g/mol. The minimum atomic E-state index is -1.76. The summed E-state index contributed by atoms with van der Waals surface area (Å²) in [5.74, 6) is 0. The van der Waals surface area contributed by atoms with Crippen LogP contribution in [0.4, 0.5) is 0 Å². The summed E-state index contributed by atoms with van der Waals surface area (Å²) in [6, 6.07) is 7.60. The average molecular weight is 402 g/mol. The van der Waals surface area contributed by atoms with E-state index in [0.29, 0.717) is 11.6 Å². The van der Waals surface area contributed by atoms with Crippen molar-refractivity contribution in [2.45, 2.75) is 45.5 Å². The summed E-state index contributed by atoms with van der Waals surface area (Å²) >= 11 is 9.56. The maximum Gasteiger partial charge on any atom is 0.192 e. The van der Waals surface area contributed by atoms with Gasteiger partial charge >= 0.3 is 0 Å². The lowest BCUT2D eigenvalue weighted by Gasteiger charge is -2.36. The molecule has 0 N–H and O–H groups in total. The molecule has 0 aliphatic rings. The lowest BCUT2D eigenvalue weighted by Crippen LogP contribution is -2.40. The molecule has 0 unspecified atom stereocenters. The number of rotatable bonds is 4. The number of benzene rings is 1. The van der Waals surface area contributed by atoms with E-state index in [1.54, 1.807) is 0 Å². The summed E-state index contributed by atoms with van der Waals surface area (Å²) in [4.78, 5) is 0. The number of nitrogens with zero attached hydrogens (tertiary/aromatic N) is 2. The third kappa shape index (κ3) is 3.82. The highest BCUT2D eigenvalue weighted by atomic mass is 79.9. The van der Waals surface area contributed by atoms with Crippen molar-refractivity contribution < 1.29 is 4.43 Å². The molecule has 120 valence electrons. The Kier molecular flexibility index (Phi) is 5.22. The summed E-state index contributed by atoms with van der Waals surface area (Å²) in [5.41, 5.74) is 2.02. The first-order valence-corrected chi connectivity index (χ1v) is 11.3. The molecule has 0 saturated heterocycles. The van der Waals surface area contributed by atoms with Crippen LogP contribution in [0, 0.1) is 0 Å². The van der Waals surface area contributed by atoms with E-state index in [2.05, 4.69) is 54.9 Å². The first kappa shape index (κ1) is 17.7. The van der Waals surface area contributed by atoms with E-state index in [9.17, 15) is 0 Å². The van der Waals surface area contributed by atoms with E-state index in [0.717, 1.165) is 15.9 Å². The molecule has 6 heteroatoms. The molecule has 0 aliphatic heterocycles. The zero-order valence-corrected chi connectivity index (χ0v) is 17.0. The highest BCUT2D eigenvalue weighted by Gasteiger charge is 2.37. The molecule has 3 nitrogen and oxygen atoms in total. The first-order valence-electron chi connectivity index (χ1n) is 7.24. The van der Waals surface area contributed by atoms with Crippen LogP contribution in [0.3, 0.4) is 0 Å². The number of hydrogen-bond acceptors (Lipinski definition) is 2. The van der Waals surface area contributed by atoms with Crippen molar-refractivity contribution >= 4 is 35.8 Å². The summed E-state index contributed by atoms with van der Waals surface area (Å²) in [5, 5.41) is 5.36. The van der Waals surface area contributed by atoms with Gasteiger partial charge in [-0.05, 0) is 58.3 Å². The van der Waals surface area contributed by atoms with E-state index in [1.807, 2.05) is 35.1 Å². The molecular weight excluding hydrogens is 380 g/mol. The topological polar surface area (TPSA) is 27.1 Å². The number of aromatic nitrogens is 2. The van der Waals surface area contributed by atoms with Gasteiger partial charge in [0.1, 0.15) is 4.60 Å². The Morgan fingerprint density at radius 3 is 2.36 bits per heavy atom. The van der Waals surface area contributed by atoms with Crippen molar-refractivity contribution in [3.05, 3.63) is 45.7 Å². The molecule has 0 radical (unpaired) electrons.